The van der Waals surface area contributed by atoms with Gasteiger partial charge in [0.15, 0.2) is 11.5 Å². The Morgan fingerprint density at radius 1 is 0.667 bits per heavy atom. The van der Waals surface area contributed by atoms with Crippen molar-refractivity contribution in [3.63, 3.8) is 0 Å². The fourth-order valence-corrected chi connectivity index (χ4v) is 6.28. The van der Waals surface area contributed by atoms with Gasteiger partial charge in [-0.15, -0.1) is 5.11 Å². The first-order valence-corrected chi connectivity index (χ1v) is 17.6. The Kier molecular flexibility index (Phi) is 9.35. The highest BCUT2D eigenvalue weighted by Crippen LogP contribution is 2.41. The van der Waals surface area contributed by atoms with Crippen molar-refractivity contribution >= 4 is 77.7 Å². The molecule has 4 aromatic rings. The summed E-state index contributed by atoms with van der Waals surface area (Å²) >= 11 is 0. The third-order valence-corrected chi connectivity index (χ3v) is 9.16. The predicted octanol–water partition coefficient (Wildman–Crippen LogP) is 5.95. The molecule has 0 heterocycles. The first-order valence-electron chi connectivity index (χ1n) is 14.7. The molecular formula is C34H25N7O8S2. The van der Waals surface area contributed by atoms with Gasteiger partial charge in [-0.25, -0.2) is 0 Å². The van der Waals surface area contributed by atoms with Crippen LogP contribution in [0.4, 0.5) is 28.4 Å². The maximum absolute atomic E-state index is 13.6. The Labute approximate surface area is 290 Å². The van der Waals surface area contributed by atoms with Crippen LogP contribution in [0.15, 0.2) is 139 Å². The van der Waals surface area contributed by atoms with Gasteiger partial charge in [0, 0.05) is 0 Å². The minimum absolute atomic E-state index is 0.109. The number of carbonyl (C=O) groups excluding carboxylic acids is 2. The fraction of sp³-hybridized carbons (Fsp3) is 0. The molecule has 0 radical (unpaired) electrons. The standard InChI is InChI=1S/C34H25N7O8S2/c35-31-30-22(19-29(51(47,48)49)33(34(30)43)41-38-23-4-2-1-3-5-23)18-28(50(44,45)46)32(31)40-39-25-12-8-21(9-13-25)20-6-10-24(11-7-20)36-37-26-14-16-27(42)17-15-26/h1-19,36,38H,35H2,(H,44,45,46)(H,47,48,49)/b40-39?,41-33+. The normalized spacial score (nSPS) is 15.2. The summed E-state index contributed by atoms with van der Waals surface area (Å²) in [5.74, 6) is -1.18. The molecule has 2 aliphatic rings. The summed E-state index contributed by atoms with van der Waals surface area (Å²) in [5, 5.41) is 16.2. The molecule has 15 nitrogen and oxygen atoms in total. The van der Waals surface area contributed by atoms with Crippen molar-refractivity contribution in [1.82, 2.24) is 0 Å². The molecule has 0 atom stereocenters. The average Bonchev–Trinajstić information content (AvgIpc) is 3.10. The second kappa shape index (κ2) is 13.8. The lowest BCUT2D eigenvalue weighted by molar-refractivity contribution is -0.110. The zero-order valence-corrected chi connectivity index (χ0v) is 27.6. The summed E-state index contributed by atoms with van der Waals surface area (Å²) in [7, 11) is -10.1. The van der Waals surface area contributed by atoms with Crippen LogP contribution in [0.5, 0.6) is 0 Å². The summed E-state index contributed by atoms with van der Waals surface area (Å²) in [5.41, 5.74) is 12.8. The molecule has 6 N–H and O–H groups in total. The Bertz CT molecular complexity index is 2470. The molecule has 0 saturated heterocycles. The Morgan fingerprint density at radius 3 is 1.86 bits per heavy atom. The first kappa shape index (κ1) is 34.5. The number of nitrogens with zero attached hydrogens (tertiary/aromatic N) is 4. The molecule has 6 rings (SSSR count). The smallest absolute Gasteiger partial charge is 0.296 e. The summed E-state index contributed by atoms with van der Waals surface area (Å²) in [4.78, 5) is 23.1. The number of nitrogen functional groups attached to an aromatic ring is 1. The largest absolute Gasteiger partial charge is 0.396 e. The van der Waals surface area contributed by atoms with Crippen molar-refractivity contribution in [3.05, 3.63) is 125 Å². The lowest BCUT2D eigenvalue weighted by Gasteiger charge is -2.20. The van der Waals surface area contributed by atoms with E-state index in [2.05, 4.69) is 31.3 Å². The van der Waals surface area contributed by atoms with Gasteiger partial charge in [0.1, 0.15) is 15.5 Å². The maximum atomic E-state index is 13.6. The quantitative estimate of drug-likeness (QED) is 0.0444. The molecule has 0 bridgehead atoms. The van der Waals surface area contributed by atoms with E-state index in [4.69, 9.17) is 5.73 Å². The van der Waals surface area contributed by atoms with E-state index in [9.17, 15) is 35.5 Å². The molecule has 4 aromatic carbocycles. The molecular weight excluding hydrogens is 699 g/mol. The van der Waals surface area contributed by atoms with E-state index in [1.807, 2.05) is 24.3 Å². The van der Waals surface area contributed by atoms with Crippen LogP contribution in [0.3, 0.4) is 0 Å². The van der Waals surface area contributed by atoms with E-state index < -0.39 is 52.9 Å². The van der Waals surface area contributed by atoms with Crippen LogP contribution in [0, 0.1) is 0 Å². The molecule has 0 saturated carbocycles. The number of fused-ring (bicyclic) bond motifs is 1. The van der Waals surface area contributed by atoms with Crippen molar-refractivity contribution in [2.45, 2.75) is 4.90 Å². The summed E-state index contributed by atoms with van der Waals surface area (Å²) in [6, 6.07) is 23.0. The SMILES string of the molecule is Nc1c(N=Nc2ccc(-c3ccc(NN=C4C=CC(=O)C=C4)cc3)cc2)c(S(=O)(=O)O)cc2c1C(=O)/C(=N/Nc1ccccc1)C(S(=O)(=O)O)=C2. The van der Waals surface area contributed by atoms with Gasteiger partial charge >= 0.3 is 0 Å². The average molecular weight is 724 g/mol. The number of hydrazone groups is 2. The van der Waals surface area contributed by atoms with Crippen LogP contribution >= 0.6 is 0 Å². The van der Waals surface area contributed by atoms with Crippen LogP contribution in [-0.2, 0) is 25.0 Å². The molecule has 17 heteroatoms. The van der Waals surface area contributed by atoms with Crippen molar-refractivity contribution in [3.8, 4) is 11.1 Å². The van der Waals surface area contributed by atoms with Crippen LogP contribution in [-0.4, -0.2) is 48.9 Å². The minimum atomic E-state index is -5.05. The number of allylic oxidation sites excluding steroid dienone is 5. The van der Waals surface area contributed by atoms with Crippen LogP contribution in [0.1, 0.15) is 15.9 Å². The van der Waals surface area contributed by atoms with Crippen molar-refractivity contribution in [1.29, 1.82) is 0 Å². The fourth-order valence-electron chi connectivity index (χ4n) is 4.95. The Morgan fingerprint density at radius 2 is 1.25 bits per heavy atom. The highest BCUT2D eigenvalue weighted by Gasteiger charge is 2.37. The molecule has 0 spiro atoms. The number of anilines is 3. The van der Waals surface area contributed by atoms with E-state index in [1.165, 1.54) is 12.2 Å². The van der Waals surface area contributed by atoms with Gasteiger partial charge in [-0.05, 0) is 89.5 Å². The second-order valence-electron chi connectivity index (χ2n) is 10.9. The zero-order chi connectivity index (χ0) is 36.3. The number of benzene rings is 4. The lowest BCUT2D eigenvalue weighted by Crippen LogP contribution is -2.28. The predicted molar refractivity (Wildman–Crippen MR) is 192 cm³/mol. The van der Waals surface area contributed by atoms with Gasteiger partial charge in [-0.1, -0.05) is 42.5 Å². The number of nitrogens with two attached hydrogens (primary N) is 1. The molecule has 0 fully saturated rings. The van der Waals surface area contributed by atoms with Crippen molar-refractivity contribution < 1.29 is 35.5 Å². The molecule has 0 aliphatic heterocycles. The van der Waals surface area contributed by atoms with E-state index in [-0.39, 0.29) is 22.6 Å². The number of ketones is 2. The van der Waals surface area contributed by atoms with E-state index in [1.54, 1.807) is 66.7 Å². The number of hydrogen-bond acceptors (Lipinski definition) is 13. The number of hydrogen-bond donors (Lipinski definition) is 5. The van der Waals surface area contributed by atoms with Crippen molar-refractivity contribution in [2.24, 2.45) is 20.4 Å². The molecule has 2 aliphatic carbocycles. The van der Waals surface area contributed by atoms with Gasteiger partial charge in [0.05, 0.1) is 34.0 Å². The van der Waals surface area contributed by atoms with Crippen LogP contribution < -0.4 is 16.6 Å². The third kappa shape index (κ3) is 7.76. The van der Waals surface area contributed by atoms with Crippen LogP contribution in [0.2, 0.25) is 0 Å². The van der Waals surface area contributed by atoms with E-state index >= 15 is 0 Å². The number of rotatable bonds is 9. The third-order valence-electron chi connectivity index (χ3n) is 7.42. The van der Waals surface area contributed by atoms with Crippen LogP contribution in [0.25, 0.3) is 17.2 Å². The molecule has 0 amide bonds. The molecule has 51 heavy (non-hydrogen) atoms. The van der Waals surface area contributed by atoms with Gasteiger partial charge < -0.3 is 5.73 Å². The van der Waals surface area contributed by atoms with Gasteiger partial charge in [0.2, 0.25) is 5.78 Å². The van der Waals surface area contributed by atoms with Gasteiger partial charge in [-0.3, -0.25) is 29.5 Å². The van der Waals surface area contributed by atoms with E-state index in [0.717, 1.165) is 23.3 Å². The summed E-state index contributed by atoms with van der Waals surface area (Å²) in [6.45, 7) is 0. The molecule has 0 aromatic heterocycles. The van der Waals surface area contributed by atoms with Gasteiger partial charge in [0.25, 0.3) is 20.2 Å². The topological polar surface area (TPSA) is 242 Å². The molecule has 0 unspecified atom stereocenters. The number of nitrogens with one attached hydrogen (secondary N) is 2. The summed E-state index contributed by atoms with van der Waals surface area (Å²) in [6.07, 6.45) is 6.85. The second-order valence-corrected chi connectivity index (χ2v) is 13.6. The Hall–Kier alpha value is -6.40. The number of azo groups is 1. The number of para-hydroxylation sites is 1. The minimum Gasteiger partial charge on any atom is -0.396 e. The number of carbonyl (C=O) groups is 2. The highest BCUT2D eigenvalue weighted by atomic mass is 32.2. The van der Waals surface area contributed by atoms with Crippen molar-refractivity contribution in [2.75, 3.05) is 16.6 Å². The zero-order valence-electron chi connectivity index (χ0n) is 26.0. The first-order chi connectivity index (χ1) is 24.3. The Balaban J connectivity index is 1.29. The maximum Gasteiger partial charge on any atom is 0.296 e. The summed E-state index contributed by atoms with van der Waals surface area (Å²) < 4.78 is 69.2. The van der Waals surface area contributed by atoms with E-state index in [0.29, 0.717) is 17.1 Å². The van der Waals surface area contributed by atoms with Gasteiger partial charge in [-0.2, -0.15) is 32.2 Å². The monoisotopic (exact) mass is 723 g/mol. The molecule has 256 valence electrons. The highest BCUT2D eigenvalue weighted by molar-refractivity contribution is 7.91. The number of Topliss-reactive ketones (excluding diaryl/α,β-unsaturated/α-hetero) is 1. The lowest BCUT2D eigenvalue weighted by atomic mass is 9.92.